The van der Waals surface area contributed by atoms with Gasteiger partial charge in [0.25, 0.3) is 5.88 Å². The molecule has 1 unspecified atom stereocenters. The van der Waals surface area contributed by atoms with Gasteiger partial charge in [0.05, 0.1) is 44.2 Å². The molecule has 5 heterocycles. The van der Waals surface area contributed by atoms with Gasteiger partial charge < -0.3 is 24.3 Å². The smallest absolute Gasteiger partial charge is 0.256 e. The third-order valence-electron chi connectivity index (χ3n) is 9.94. The number of unbranched alkanes of at least 4 members (excludes halogenated alkanes) is 1. The summed E-state index contributed by atoms with van der Waals surface area (Å²) in [5, 5.41) is 29.2. The molecule has 1 N–H and O–H groups in total. The Kier molecular flexibility index (Phi) is 10.8. The molecule has 3 aliphatic rings. The molecule has 7 rings (SSSR count). The topological polar surface area (TPSA) is 163 Å². The summed E-state index contributed by atoms with van der Waals surface area (Å²) in [6, 6.07) is 9.75. The van der Waals surface area contributed by atoms with Gasteiger partial charge in [-0.2, -0.15) is 5.26 Å². The largest absolute Gasteiger partial charge is 0.487 e. The standard InChI is InChI=1S/C35H45N11O4/c1-24(19-44-23-39-42-43-44)50-33-15-25(5-6-26(33)16-36)27-17-37-35(38-18-27)40-32-20-45(41-34(32)49-14-4-3-13-47-2)28-7-9-29(10-8-28)46-30-11-12-31(46)22-48-21-30/h5-6,15,17-18,20,23-24,28-31H,3-4,7-14,19,21-22H2,1-2H3,(H,37,38,40)/t24?,28?,29?,30-,31+. The van der Waals surface area contributed by atoms with Crippen LogP contribution in [-0.4, -0.2) is 103 Å². The van der Waals surface area contributed by atoms with Crippen LogP contribution < -0.4 is 14.8 Å². The summed E-state index contributed by atoms with van der Waals surface area (Å²) in [6.45, 7) is 5.34. The number of nitriles is 1. The highest BCUT2D eigenvalue weighted by molar-refractivity contribution is 5.67. The van der Waals surface area contributed by atoms with Crippen LogP contribution in [0, 0.1) is 11.3 Å². The van der Waals surface area contributed by atoms with Gasteiger partial charge in [0.2, 0.25) is 5.95 Å². The maximum atomic E-state index is 9.68. The molecule has 0 spiro atoms. The number of fused-ring (bicyclic) bond motifs is 2. The highest BCUT2D eigenvalue weighted by atomic mass is 16.5. The number of aromatic nitrogens is 8. The van der Waals surface area contributed by atoms with Gasteiger partial charge in [-0.15, -0.1) is 10.2 Å². The van der Waals surface area contributed by atoms with Crippen LogP contribution in [0.4, 0.5) is 11.6 Å². The van der Waals surface area contributed by atoms with Gasteiger partial charge in [-0.1, -0.05) is 6.07 Å². The maximum absolute atomic E-state index is 9.68. The third-order valence-corrected chi connectivity index (χ3v) is 9.94. The van der Waals surface area contributed by atoms with E-state index in [2.05, 4.69) is 46.5 Å². The molecule has 1 aromatic carbocycles. The number of ether oxygens (including phenoxy) is 4. The lowest BCUT2D eigenvalue weighted by molar-refractivity contribution is -0.0458. The first-order chi connectivity index (χ1) is 24.6. The highest BCUT2D eigenvalue weighted by Crippen LogP contribution is 2.39. The molecule has 2 bridgehead atoms. The summed E-state index contributed by atoms with van der Waals surface area (Å²) in [4.78, 5) is 12.0. The minimum Gasteiger partial charge on any atom is -0.487 e. The zero-order valence-electron chi connectivity index (χ0n) is 28.7. The minimum atomic E-state index is -0.268. The molecule has 3 aromatic heterocycles. The molecule has 1 saturated carbocycles. The first-order valence-electron chi connectivity index (χ1n) is 17.6. The number of morpholine rings is 1. The predicted molar refractivity (Wildman–Crippen MR) is 183 cm³/mol. The van der Waals surface area contributed by atoms with E-state index in [1.807, 2.05) is 25.3 Å². The summed E-state index contributed by atoms with van der Waals surface area (Å²) in [5.74, 6) is 1.45. The lowest BCUT2D eigenvalue weighted by Crippen LogP contribution is -2.52. The van der Waals surface area contributed by atoms with E-state index in [1.54, 1.807) is 30.3 Å². The molecule has 2 saturated heterocycles. The molecular formula is C35H45N11O4. The number of hydrogen-bond acceptors (Lipinski definition) is 13. The van der Waals surface area contributed by atoms with E-state index >= 15 is 0 Å². The van der Waals surface area contributed by atoms with Gasteiger partial charge in [0, 0.05) is 49.8 Å². The molecule has 0 amide bonds. The number of nitrogens with zero attached hydrogens (tertiary/aromatic N) is 10. The number of tetrazole rings is 1. The summed E-state index contributed by atoms with van der Waals surface area (Å²) in [6.07, 6.45) is 15.6. The summed E-state index contributed by atoms with van der Waals surface area (Å²) >= 11 is 0. The van der Waals surface area contributed by atoms with Crippen LogP contribution in [0.1, 0.15) is 69.9 Å². The SMILES string of the molecule is COCCCCOc1nn(C2CCC(N3[C@@H]4CC[C@H]3COC4)CC2)cc1Nc1ncc(-c2ccc(C#N)c(OC(C)Cn3cnnn3)c2)cn1. The van der Waals surface area contributed by atoms with E-state index in [1.165, 1.54) is 32.0 Å². The fourth-order valence-electron chi connectivity index (χ4n) is 7.48. The van der Waals surface area contributed by atoms with E-state index in [9.17, 15) is 5.26 Å². The van der Waals surface area contributed by atoms with E-state index in [0.717, 1.165) is 55.7 Å². The number of benzene rings is 1. The third kappa shape index (κ3) is 7.88. The Labute approximate surface area is 291 Å². The number of rotatable bonds is 15. The Morgan fingerprint density at radius 3 is 2.44 bits per heavy atom. The van der Waals surface area contributed by atoms with Crippen LogP contribution in [0.5, 0.6) is 11.6 Å². The van der Waals surface area contributed by atoms with Crippen molar-refractivity contribution < 1.29 is 18.9 Å². The van der Waals surface area contributed by atoms with Crippen LogP contribution in [0.25, 0.3) is 11.1 Å². The molecule has 15 nitrogen and oxygen atoms in total. The molecule has 2 aliphatic heterocycles. The van der Waals surface area contributed by atoms with Crippen molar-refractivity contribution in [3.8, 4) is 28.8 Å². The summed E-state index contributed by atoms with van der Waals surface area (Å²) in [5.41, 5.74) is 2.79. The summed E-state index contributed by atoms with van der Waals surface area (Å²) in [7, 11) is 1.71. The number of methoxy groups -OCH3 is 1. The first kappa shape index (κ1) is 33.8. The zero-order valence-corrected chi connectivity index (χ0v) is 28.7. The number of hydrogen-bond donors (Lipinski definition) is 1. The molecular weight excluding hydrogens is 638 g/mol. The zero-order chi connectivity index (χ0) is 34.3. The highest BCUT2D eigenvalue weighted by Gasteiger charge is 2.42. The molecule has 264 valence electrons. The normalized spacial score (nSPS) is 22.6. The Bertz CT molecular complexity index is 1700. The fourth-order valence-corrected chi connectivity index (χ4v) is 7.48. The lowest BCUT2D eigenvalue weighted by atomic mass is 9.89. The molecule has 15 heteroatoms. The van der Waals surface area contributed by atoms with Crippen LogP contribution in [-0.2, 0) is 16.0 Å². The lowest BCUT2D eigenvalue weighted by Gasteiger charge is -2.43. The first-order valence-corrected chi connectivity index (χ1v) is 17.6. The van der Waals surface area contributed by atoms with Crippen LogP contribution in [0.15, 0.2) is 43.1 Å². The number of nitrogens with one attached hydrogen (secondary N) is 1. The second-order valence-corrected chi connectivity index (χ2v) is 13.4. The van der Waals surface area contributed by atoms with Gasteiger partial charge >= 0.3 is 0 Å². The van der Waals surface area contributed by atoms with E-state index in [4.69, 9.17) is 24.0 Å². The van der Waals surface area contributed by atoms with Crippen LogP contribution >= 0.6 is 0 Å². The molecule has 1 aliphatic carbocycles. The predicted octanol–water partition coefficient (Wildman–Crippen LogP) is 4.56. The van der Waals surface area contributed by atoms with E-state index in [-0.39, 0.29) is 6.10 Å². The Morgan fingerprint density at radius 1 is 0.980 bits per heavy atom. The monoisotopic (exact) mass is 683 g/mol. The Hall–Kier alpha value is -4.65. The molecule has 50 heavy (non-hydrogen) atoms. The van der Waals surface area contributed by atoms with Crippen LogP contribution in [0.3, 0.4) is 0 Å². The van der Waals surface area contributed by atoms with Crippen molar-refractivity contribution in [1.82, 2.24) is 44.9 Å². The van der Waals surface area contributed by atoms with Crippen molar-refractivity contribution in [3.05, 3.63) is 48.7 Å². The van der Waals surface area contributed by atoms with Crippen molar-refractivity contribution in [2.75, 3.05) is 38.9 Å². The van der Waals surface area contributed by atoms with Crippen molar-refractivity contribution in [3.63, 3.8) is 0 Å². The van der Waals surface area contributed by atoms with Crippen molar-refractivity contribution in [2.24, 2.45) is 0 Å². The van der Waals surface area contributed by atoms with Gasteiger partial charge in [-0.3, -0.25) is 9.58 Å². The van der Waals surface area contributed by atoms with Crippen LogP contribution in [0.2, 0.25) is 0 Å². The van der Waals surface area contributed by atoms with E-state index < -0.39 is 0 Å². The van der Waals surface area contributed by atoms with Gasteiger partial charge in [0.15, 0.2) is 0 Å². The van der Waals surface area contributed by atoms with Crippen molar-refractivity contribution >= 4 is 11.6 Å². The second kappa shape index (κ2) is 15.9. The molecule has 4 aromatic rings. The average molecular weight is 684 g/mol. The molecule has 3 atom stereocenters. The van der Waals surface area contributed by atoms with Gasteiger partial charge in [0.1, 0.15) is 29.9 Å². The Morgan fingerprint density at radius 2 is 1.72 bits per heavy atom. The van der Waals surface area contributed by atoms with Crippen molar-refractivity contribution in [2.45, 2.75) is 95.1 Å². The molecule has 0 radical (unpaired) electrons. The minimum absolute atomic E-state index is 0.268. The Balaban J connectivity index is 1.02. The quantitative estimate of drug-likeness (QED) is 0.174. The van der Waals surface area contributed by atoms with Crippen molar-refractivity contribution in [1.29, 1.82) is 5.26 Å². The average Bonchev–Trinajstić information content (AvgIpc) is 3.86. The van der Waals surface area contributed by atoms with E-state index in [0.29, 0.717) is 67.1 Å². The fraction of sp³-hybridized carbons (Fsp3) is 0.571. The van der Waals surface area contributed by atoms with Gasteiger partial charge in [-0.05, 0) is 86.4 Å². The summed E-state index contributed by atoms with van der Waals surface area (Å²) < 4.78 is 27.0. The second-order valence-electron chi connectivity index (χ2n) is 13.4. The maximum Gasteiger partial charge on any atom is 0.256 e. The molecule has 3 fully saturated rings. The number of anilines is 2. The van der Waals surface area contributed by atoms with Gasteiger partial charge in [-0.25, -0.2) is 14.6 Å².